The fourth-order valence-electron chi connectivity index (χ4n) is 3.42. The van der Waals surface area contributed by atoms with Gasteiger partial charge in [-0.2, -0.15) is 0 Å². The second-order valence-corrected chi connectivity index (χ2v) is 10.1. The number of aryl methyl sites for hydroxylation is 1. The molecule has 1 amide bonds. The number of rotatable bonds is 5. The van der Waals surface area contributed by atoms with E-state index in [0.717, 1.165) is 17.1 Å². The van der Waals surface area contributed by atoms with E-state index in [0.29, 0.717) is 26.2 Å². The summed E-state index contributed by atoms with van der Waals surface area (Å²) in [5.41, 5.74) is 2.29. The summed E-state index contributed by atoms with van der Waals surface area (Å²) in [6.07, 6.45) is 0.996. The van der Waals surface area contributed by atoms with Gasteiger partial charge in [0.1, 0.15) is 5.75 Å². The van der Waals surface area contributed by atoms with Crippen molar-refractivity contribution in [1.29, 1.82) is 0 Å². The molecule has 0 radical (unpaired) electrons. The van der Waals surface area contributed by atoms with Crippen LogP contribution in [0.15, 0.2) is 53.4 Å². The summed E-state index contributed by atoms with van der Waals surface area (Å²) in [5, 5.41) is 0.956. The van der Waals surface area contributed by atoms with Gasteiger partial charge in [-0.25, -0.2) is 13.4 Å². The van der Waals surface area contributed by atoms with E-state index in [1.165, 1.54) is 22.4 Å². The van der Waals surface area contributed by atoms with Crippen LogP contribution in [0.4, 0.5) is 5.13 Å². The van der Waals surface area contributed by atoms with Crippen molar-refractivity contribution < 1.29 is 13.2 Å². The molecule has 4 rings (SSSR count). The molecule has 1 saturated heterocycles. The highest BCUT2D eigenvalue weighted by Gasteiger charge is 2.27. The summed E-state index contributed by atoms with van der Waals surface area (Å²) in [5.74, 6) is -0.830. The molecule has 1 aliphatic rings. The van der Waals surface area contributed by atoms with E-state index in [1.54, 1.807) is 34.4 Å². The third-order valence-electron chi connectivity index (χ3n) is 5.17. The molecule has 1 aromatic heterocycles. The van der Waals surface area contributed by atoms with Crippen LogP contribution in [0.1, 0.15) is 12.5 Å². The zero-order valence-electron chi connectivity index (χ0n) is 16.2. The standard InChI is InChI=1S/C21H23N3O3S2/c1-2-16-8-9-18-19(14-16)28-21(22-18)24-12-10-23(11-13-24)20(25)15-29(26,27)17-6-4-3-5-7-17/h3-9,14H,2,10-13,15H2,1H3. The Balaban J connectivity index is 1.39. The minimum Gasteiger partial charge on any atom is -0.345 e. The van der Waals surface area contributed by atoms with Gasteiger partial charge in [-0.1, -0.05) is 42.5 Å². The predicted molar refractivity (Wildman–Crippen MR) is 116 cm³/mol. The second kappa shape index (κ2) is 8.12. The van der Waals surface area contributed by atoms with Gasteiger partial charge >= 0.3 is 0 Å². The maximum Gasteiger partial charge on any atom is 0.238 e. The zero-order valence-corrected chi connectivity index (χ0v) is 17.9. The summed E-state index contributed by atoms with van der Waals surface area (Å²) in [7, 11) is -3.61. The van der Waals surface area contributed by atoms with Crippen LogP contribution in [0.5, 0.6) is 0 Å². The third kappa shape index (κ3) is 4.28. The lowest BCUT2D eigenvalue weighted by atomic mass is 10.2. The summed E-state index contributed by atoms with van der Waals surface area (Å²) in [6, 6.07) is 14.5. The number of carbonyl (C=O) groups excluding carboxylic acids is 1. The first kappa shape index (κ1) is 19.8. The molecule has 0 unspecified atom stereocenters. The van der Waals surface area contributed by atoms with Crippen LogP contribution in [0.25, 0.3) is 10.2 Å². The average molecular weight is 430 g/mol. The lowest BCUT2D eigenvalue weighted by Gasteiger charge is -2.34. The van der Waals surface area contributed by atoms with Crippen molar-refractivity contribution >= 4 is 42.4 Å². The highest BCUT2D eigenvalue weighted by atomic mass is 32.2. The monoisotopic (exact) mass is 429 g/mol. The number of hydrogen-bond acceptors (Lipinski definition) is 6. The Morgan fingerprint density at radius 1 is 1.07 bits per heavy atom. The molecular formula is C21H23N3O3S2. The van der Waals surface area contributed by atoms with Crippen molar-refractivity contribution in [1.82, 2.24) is 9.88 Å². The number of carbonyl (C=O) groups is 1. The Morgan fingerprint density at radius 3 is 2.48 bits per heavy atom. The summed E-state index contributed by atoms with van der Waals surface area (Å²) < 4.78 is 26.1. The molecule has 2 heterocycles. The van der Waals surface area contributed by atoms with Crippen molar-refractivity contribution in [3.8, 4) is 0 Å². The molecule has 0 N–H and O–H groups in total. The number of fused-ring (bicyclic) bond motifs is 1. The number of benzene rings is 2. The van der Waals surface area contributed by atoms with Crippen molar-refractivity contribution in [2.24, 2.45) is 0 Å². The number of aromatic nitrogens is 1. The molecular weight excluding hydrogens is 406 g/mol. The minimum absolute atomic E-state index is 0.188. The molecule has 3 aromatic rings. The molecule has 1 aliphatic heterocycles. The van der Waals surface area contributed by atoms with E-state index >= 15 is 0 Å². The number of piperazine rings is 1. The van der Waals surface area contributed by atoms with Crippen molar-refractivity contribution in [3.05, 3.63) is 54.1 Å². The zero-order chi connectivity index (χ0) is 20.4. The fraction of sp³-hybridized carbons (Fsp3) is 0.333. The van der Waals surface area contributed by atoms with Gasteiger partial charge in [-0.15, -0.1) is 0 Å². The molecule has 0 saturated carbocycles. The predicted octanol–water partition coefficient (Wildman–Crippen LogP) is 2.98. The largest absolute Gasteiger partial charge is 0.345 e. The Labute approximate surface area is 174 Å². The van der Waals surface area contributed by atoms with Crippen LogP contribution in [-0.2, 0) is 21.1 Å². The van der Waals surface area contributed by atoms with Gasteiger partial charge in [0.25, 0.3) is 0 Å². The highest BCUT2D eigenvalue weighted by molar-refractivity contribution is 7.92. The average Bonchev–Trinajstić information content (AvgIpc) is 3.17. The van der Waals surface area contributed by atoms with Gasteiger partial charge in [-0.3, -0.25) is 4.79 Å². The summed E-state index contributed by atoms with van der Waals surface area (Å²) in [4.78, 5) is 21.3. The van der Waals surface area contributed by atoms with Crippen molar-refractivity contribution in [3.63, 3.8) is 0 Å². The number of nitrogens with zero attached hydrogens (tertiary/aromatic N) is 3. The van der Waals surface area contributed by atoms with Gasteiger partial charge in [0.05, 0.1) is 15.1 Å². The lowest BCUT2D eigenvalue weighted by molar-refractivity contribution is -0.128. The Kier molecular flexibility index (Phi) is 5.56. The maximum absolute atomic E-state index is 12.6. The quantitative estimate of drug-likeness (QED) is 0.624. The number of thiazole rings is 1. The lowest BCUT2D eigenvalue weighted by Crippen LogP contribution is -2.50. The number of anilines is 1. The van der Waals surface area contributed by atoms with Crippen LogP contribution in [0, 0.1) is 0 Å². The number of sulfone groups is 1. The Bertz CT molecular complexity index is 1120. The van der Waals surface area contributed by atoms with E-state index in [1.807, 2.05) is 0 Å². The first-order chi connectivity index (χ1) is 14.0. The maximum atomic E-state index is 12.6. The van der Waals surface area contributed by atoms with E-state index in [2.05, 4.69) is 30.0 Å². The molecule has 1 fully saturated rings. The smallest absolute Gasteiger partial charge is 0.238 e. The first-order valence-electron chi connectivity index (χ1n) is 9.66. The van der Waals surface area contributed by atoms with Crippen molar-refractivity contribution in [2.75, 3.05) is 36.8 Å². The van der Waals surface area contributed by atoms with Crippen LogP contribution in [-0.4, -0.2) is 56.1 Å². The molecule has 2 aromatic carbocycles. The fourth-order valence-corrected chi connectivity index (χ4v) is 5.75. The van der Waals surface area contributed by atoms with Gasteiger partial charge < -0.3 is 9.80 Å². The molecule has 0 atom stereocenters. The SMILES string of the molecule is CCc1ccc2nc(N3CCN(C(=O)CS(=O)(=O)c4ccccc4)CC3)sc2c1. The third-order valence-corrected chi connectivity index (χ3v) is 7.86. The molecule has 152 valence electrons. The molecule has 29 heavy (non-hydrogen) atoms. The van der Waals surface area contributed by atoms with Gasteiger partial charge in [0.2, 0.25) is 5.91 Å². The Hall–Kier alpha value is -2.45. The number of hydrogen-bond donors (Lipinski definition) is 0. The van der Waals surface area contributed by atoms with E-state index < -0.39 is 15.6 Å². The molecule has 6 nitrogen and oxygen atoms in total. The molecule has 0 bridgehead atoms. The van der Waals surface area contributed by atoms with E-state index in [-0.39, 0.29) is 10.8 Å². The normalized spacial score (nSPS) is 15.1. The highest BCUT2D eigenvalue weighted by Crippen LogP contribution is 2.30. The topological polar surface area (TPSA) is 70.6 Å². The summed E-state index contributed by atoms with van der Waals surface area (Å²) in [6.45, 7) is 4.44. The van der Waals surface area contributed by atoms with Gasteiger partial charge in [0, 0.05) is 26.2 Å². The number of amides is 1. The minimum atomic E-state index is -3.61. The van der Waals surface area contributed by atoms with Crippen LogP contribution in [0.2, 0.25) is 0 Å². The Morgan fingerprint density at radius 2 is 1.79 bits per heavy atom. The van der Waals surface area contributed by atoms with Gasteiger partial charge in [0.15, 0.2) is 15.0 Å². The molecule has 0 aliphatic carbocycles. The molecule has 0 spiro atoms. The van der Waals surface area contributed by atoms with Crippen LogP contribution < -0.4 is 4.90 Å². The van der Waals surface area contributed by atoms with Crippen LogP contribution in [0.3, 0.4) is 0 Å². The second-order valence-electron chi connectivity index (χ2n) is 7.09. The van der Waals surface area contributed by atoms with Crippen LogP contribution >= 0.6 is 11.3 Å². The first-order valence-corrected chi connectivity index (χ1v) is 12.1. The van der Waals surface area contributed by atoms with Crippen molar-refractivity contribution in [2.45, 2.75) is 18.2 Å². The van der Waals surface area contributed by atoms with Gasteiger partial charge in [-0.05, 0) is 36.2 Å². The molecule has 8 heteroatoms. The van der Waals surface area contributed by atoms with E-state index in [4.69, 9.17) is 4.98 Å². The summed E-state index contributed by atoms with van der Waals surface area (Å²) >= 11 is 1.67. The van der Waals surface area contributed by atoms with E-state index in [9.17, 15) is 13.2 Å².